The lowest BCUT2D eigenvalue weighted by molar-refractivity contribution is 0.580. The Hall–Kier alpha value is -3.51. The number of rotatable bonds is 5. The second-order valence-corrected chi connectivity index (χ2v) is 7.43. The predicted molar refractivity (Wildman–Crippen MR) is 122 cm³/mol. The van der Waals surface area contributed by atoms with Gasteiger partial charge in [0.05, 0.1) is 11.2 Å². The number of para-hydroxylation sites is 1. The minimum Gasteiger partial charge on any atom is -0.366 e. The van der Waals surface area contributed by atoms with E-state index in [1.54, 1.807) is 0 Å². The van der Waals surface area contributed by atoms with Crippen molar-refractivity contribution in [1.82, 2.24) is 20.3 Å². The second kappa shape index (κ2) is 8.47. The molecule has 0 aliphatic carbocycles. The van der Waals surface area contributed by atoms with Gasteiger partial charge in [0.15, 0.2) is 0 Å². The van der Waals surface area contributed by atoms with Crippen molar-refractivity contribution in [3.63, 3.8) is 0 Å². The fourth-order valence-corrected chi connectivity index (χ4v) is 3.68. The van der Waals surface area contributed by atoms with Crippen LogP contribution in [0.3, 0.4) is 0 Å². The van der Waals surface area contributed by atoms with E-state index in [0.29, 0.717) is 6.54 Å². The highest BCUT2D eigenvalue weighted by atomic mass is 15.3. The van der Waals surface area contributed by atoms with Crippen LogP contribution in [0.1, 0.15) is 5.56 Å². The molecule has 0 unspecified atom stereocenters. The number of nitrogens with one attached hydrogen (secondary N) is 2. The zero-order valence-electron chi connectivity index (χ0n) is 16.8. The number of hydrogen-bond acceptors (Lipinski definition) is 6. The van der Waals surface area contributed by atoms with Gasteiger partial charge in [-0.2, -0.15) is 4.98 Å². The van der Waals surface area contributed by atoms with Gasteiger partial charge in [0.2, 0.25) is 5.95 Å². The molecule has 2 aromatic carbocycles. The molecule has 0 spiro atoms. The molecule has 2 aromatic heterocycles. The molecular weight excluding hydrogens is 372 g/mol. The molecule has 1 aliphatic heterocycles. The fourth-order valence-electron chi connectivity index (χ4n) is 3.68. The molecule has 5 rings (SSSR count). The lowest BCUT2D eigenvalue weighted by Crippen LogP contribution is -2.44. The third-order valence-electron chi connectivity index (χ3n) is 5.32. The van der Waals surface area contributed by atoms with E-state index in [2.05, 4.69) is 56.9 Å². The van der Waals surface area contributed by atoms with Gasteiger partial charge in [-0.15, -0.1) is 0 Å². The summed E-state index contributed by atoms with van der Waals surface area (Å²) in [7, 11) is 0. The second-order valence-electron chi connectivity index (χ2n) is 7.43. The van der Waals surface area contributed by atoms with Gasteiger partial charge in [-0.1, -0.05) is 48.5 Å². The number of nitrogens with zero attached hydrogens (tertiary/aromatic N) is 4. The average molecular weight is 396 g/mol. The molecule has 6 heteroatoms. The van der Waals surface area contributed by atoms with Crippen molar-refractivity contribution < 1.29 is 0 Å². The van der Waals surface area contributed by atoms with Crippen LogP contribution < -0.4 is 15.5 Å². The molecule has 2 N–H and O–H groups in total. The Morgan fingerprint density at radius 1 is 0.900 bits per heavy atom. The summed E-state index contributed by atoms with van der Waals surface area (Å²) in [6.45, 7) is 4.40. The summed E-state index contributed by atoms with van der Waals surface area (Å²) in [5.74, 6) is 1.59. The quantitative estimate of drug-likeness (QED) is 0.536. The van der Waals surface area contributed by atoms with Gasteiger partial charge in [0, 0.05) is 55.9 Å². The number of hydrogen-bond donors (Lipinski definition) is 2. The smallest absolute Gasteiger partial charge is 0.227 e. The standard InChI is InChI=1S/C24H24N6/c1-2-6-18(7-3-1)16-27-23-15-22(28-24(29-23)30-12-10-25-11-13-30)20-14-19-8-4-5-9-21(19)26-17-20/h1-9,14-15,17,25H,10-13,16H2,(H,27,28,29). The van der Waals surface area contributed by atoms with Crippen LogP contribution >= 0.6 is 0 Å². The Morgan fingerprint density at radius 3 is 2.57 bits per heavy atom. The summed E-state index contributed by atoms with van der Waals surface area (Å²) < 4.78 is 0. The number of benzene rings is 2. The fraction of sp³-hybridized carbons (Fsp3) is 0.208. The molecule has 0 atom stereocenters. The van der Waals surface area contributed by atoms with E-state index in [0.717, 1.165) is 60.1 Å². The monoisotopic (exact) mass is 396 g/mol. The van der Waals surface area contributed by atoms with Gasteiger partial charge in [0.25, 0.3) is 0 Å². The first-order chi connectivity index (χ1) is 14.8. The van der Waals surface area contributed by atoms with Crippen LogP contribution in [0.5, 0.6) is 0 Å². The van der Waals surface area contributed by atoms with Crippen LogP contribution in [0, 0.1) is 0 Å². The summed E-state index contributed by atoms with van der Waals surface area (Å²) in [4.78, 5) is 16.6. The predicted octanol–water partition coefficient (Wildman–Crippen LogP) is 3.71. The van der Waals surface area contributed by atoms with Gasteiger partial charge < -0.3 is 15.5 Å². The molecule has 4 aromatic rings. The molecule has 150 valence electrons. The van der Waals surface area contributed by atoms with Gasteiger partial charge in [-0.05, 0) is 17.7 Å². The molecule has 3 heterocycles. The molecule has 6 nitrogen and oxygen atoms in total. The summed E-state index contributed by atoms with van der Waals surface area (Å²) in [6.07, 6.45) is 1.90. The first-order valence-electron chi connectivity index (χ1n) is 10.3. The molecule has 0 radical (unpaired) electrons. The van der Waals surface area contributed by atoms with Crippen molar-refractivity contribution in [3.05, 3.63) is 78.5 Å². The van der Waals surface area contributed by atoms with Gasteiger partial charge >= 0.3 is 0 Å². The minimum atomic E-state index is 0.717. The van der Waals surface area contributed by atoms with Crippen molar-refractivity contribution in [3.8, 4) is 11.3 Å². The van der Waals surface area contributed by atoms with Crippen molar-refractivity contribution in [2.45, 2.75) is 6.54 Å². The number of fused-ring (bicyclic) bond motifs is 1. The van der Waals surface area contributed by atoms with Crippen molar-refractivity contribution in [2.24, 2.45) is 0 Å². The zero-order valence-corrected chi connectivity index (χ0v) is 16.8. The van der Waals surface area contributed by atoms with Gasteiger partial charge in [-0.25, -0.2) is 4.98 Å². The maximum absolute atomic E-state index is 4.90. The van der Waals surface area contributed by atoms with Crippen LogP contribution in [0.15, 0.2) is 72.9 Å². The molecular formula is C24H24N6. The first kappa shape index (κ1) is 18.5. The summed E-state index contributed by atoms with van der Waals surface area (Å²) in [6, 6.07) is 22.7. The molecule has 1 aliphatic rings. The summed E-state index contributed by atoms with van der Waals surface area (Å²) >= 11 is 0. The Balaban J connectivity index is 1.51. The lowest BCUT2D eigenvalue weighted by atomic mass is 10.1. The SMILES string of the molecule is c1ccc(CNc2cc(-c3cnc4ccccc4c3)nc(N3CCNCC3)n2)cc1. The Bertz CT molecular complexity index is 1140. The van der Waals surface area contributed by atoms with Crippen LogP contribution in [0.4, 0.5) is 11.8 Å². The van der Waals surface area contributed by atoms with Gasteiger partial charge in [0.1, 0.15) is 5.82 Å². The van der Waals surface area contributed by atoms with E-state index in [9.17, 15) is 0 Å². The molecule has 1 fully saturated rings. The van der Waals surface area contributed by atoms with E-state index in [1.807, 2.05) is 36.5 Å². The molecule has 1 saturated heterocycles. The maximum atomic E-state index is 4.90. The highest BCUT2D eigenvalue weighted by Gasteiger charge is 2.16. The Kier molecular flexibility index (Phi) is 5.23. The highest BCUT2D eigenvalue weighted by molar-refractivity contribution is 5.83. The van der Waals surface area contributed by atoms with Crippen molar-refractivity contribution in [1.29, 1.82) is 0 Å². The van der Waals surface area contributed by atoms with Gasteiger partial charge in [-0.3, -0.25) is 4.98 Å². The summed E-state index contributed by atoms with van der Waals surface area (Å²) in [5, 5.41) is 7.97. The van der Waals surface area contributed by atoms with Crippen molar-refractivity contribution >= 4 is 22.7 Å². The van der Waals surface area contributed by atoms with E-state index >= 15 is 0 Å². The third-order valence-corrected chi connectivity index (χ3v) is 5.32. The molecule has 30 heavy (non-hydrogen) atoms. The topological polar surface area (TPSA) is 66.0 Å². The molecule has 0 bridgehead atoms. The maximum Gasteiger partial charge on any atom is 0.227 e. The van der Waals surface area contributed by atoms with E-state index in [4.69, 9.17) is 9.97 Å². The van der Waals surface area contributed by atoms with Crippen LogP contribution in [-0.2, 0) is 6.54 Å². The van der Waals surface area contributed by atoms with E-state index in [1.165, 1.54) is 5.56 Å². The number of pyridine rings is 1. The number of aromatic nitrogens is 3. The van der Waals surface area contributed by atoms with E-state index < -0.39 is 0 Å². The Labute approximate surface area is 176 Å². The van der Waals surface area contributed by atoms with Crippen molar-refractivity contribution in [2.75, 3.05) is 36.4 Å². The average Bonchev–Trinajstić information content (AvgIpc) is 2.83. The largest absolute Gasteiger partial charge is 0.366 e. The lowest BCUT2D eigenvalue weighted by Gasteiger charge is -2.28. The van der Waals surface area contributed by atoms with Crippen LogP contribution in [0.2, 0.25) is 0 Å². The molecule has 0 saturated carbocycles. The first-order valence-corrected chi connectivity index (χ1v) is 10.3. The van der Waals surface area contributed by atoms with Crippen LogP contribution in [0.25, 0.3) is 22.2 Å². The molecule has 0 amide bonds. The normalized spacial score (nSPS) is 14.1. The van der Waals surface area contributed by atoms with E-state index in [-0.39, 0.29) is 0 Å². The zero-order chi connectivity index (χ0) is 20.2. The summed E-state index contributed by atoms with van der Waals surface area (Å²) in [5.41, 5.74) is 4.08. The third kappa shape index (κ3) is 4.09. The number of piperazine rings is 1. The highest BCUT2D eigenvalue weighted by Crippen LogP contribution is 2.25. The Morgan fingerprint density at radius 2 is 1.70 bits per heavy atom. The number of anilines is 2. The van der Waals surface area contributed by atoms with Crippen LogP contribution in [-0.4, -0.2) is 41.1 Å². The minimum absolute atomic E-state index is 0.717.